The van der Waals surface area contributed by atoms with Gasteiger partial charge in [-0.2, -0.15) is 0 Å². The van der Waals surface area contributed by atoms with Crippen molar-refractivity contribution in [3.63, 3.8) is 0 Å². The summed E-state index contributed by atoms with van der Waals surface area (Å²) < 4.78 is 13.3. The van der Waals surface area contributed by atoms with Gasteiger partial charge in [-0.1, -0.05) is 11.3 Å². The standard InChI is InChI=1S/C6H2BrFN2S/c7-6-10-4-1-3(8)2-9-5(4)11-6/h1-2H. The van der Waals surface area contributed by atoms with Crippen LogP contribution in [0.15, 0.2) is 16.2 Å². The molecule has 0 atom stereocenters. The van der Waals surface area contributed by atoms with E-state index < -0.39 is 0 Å². The zero-order chi connectivity index (χ0) is 7.84. The highest BCUT2D eigenvalue weighted by atomic mass is 79.9. The molecule has 56 valence electrons. The van der Waals surface area contributed by atoms with Gasteiger partial charge in [-0.05, 0) is 15.9 Å². The molecule has 0 amide bonds. The number of nitrogens with zero attached hydrogens (tertiary/aromatic N) is 2. The minimum absolute atomic E-state index is 0.352. The van der Waals surface area contributed by atoms with Crippen LogP contribution < -0.4 is 0 Å². The lowest BCUT2D eigenvalue weighted by Crippen LogP contribution is -1.76. The number of thiazole rings is 1. The summed E-state index contributed by atoms with van der Waals surface area (Å²) >= 11 is 4.58. The first kappa shape index (κ1) is 7.12. The minimum Gasteiger partial charge on any atom is -0.241 e. The highest BCUT2D eigenvalue weighted by molar-refractivity contribution is 9.11. The van der Waals surface area contributed by atoms with E-state index in [2.05, 4.69) is 25.9 Å². The van der Waals surface area contributed by atoms with Crippen molar-refractivity contribution >= 4 is 37.6 Å². The summed E-state index contributed by atoms with van der Waals surface area (Å²) in [5, 5.41) is 0. The molecule has 0 fully saturated rings. The molecular weight excluding hydrogens is 231 g/mol. The summed E-state index contributed by atoms with van der Waals surface area (Å²) in [6.45, 7) is 0. The van der Waals surface area contributed by atoms with Gasteiger partial charge in [0, 0.05) is 6.07 Å². The van der Waals surface area contributed by atoms with Gasteiger partial charge in [-0.15, -0.1) is 0 Å². The van der Waals surface area contributed by atoms with E-state index in [-0.39, 0.29) is 5.82 Å². The normalized spacial score (nSPS) is 10.7. The van der Waals surface area contributed by atoms with E-state index in [0.29, 0.717) is 5.52 Å². The number of hydrogen-bond acceptors (Lipinski definition) is 3. The van der Waals surface area contributed by atoms with Crippen LogP contribution in [0.2, 0.25) is 0 Å². The lowest BCUT2D eigenvalue weighted by atomic mass is 10.4. The quantitative estimate of drug-likeness (QED) is 0.698. The molecule has 2 rings (SSSR count). The Balaban J connectivity index is 2.82. The fraction of sp³-hybridized carbons (Fsp3) is 0. The van der Waals surface area contributed by atoms with Gasteiger partial charge >= 0.3 is 0 Å². The Hall–Kier alpha value is -0.550. The fourth-order valence-corrected chi connectivity index (χ4v) is 2.04. The molecule has 0 aliphatic rings. The first-order valence-electron chi connectivity index (χ1n) is 2.83. The van der Waals surface area contributed by atoms with Crippen molar-refractivity contribution in [3.05, 3.63) is 22.0 Å². The second-order valence-corrected chi connectivity index (χ2v) is 4.20. The van der Waals surface area contributed by atoms with Crippen molar-refractivity contribution in [1.29, 1.82) is 0 Å². The van der Waals surface area contributed by atoms with Gasteiger partial charge in [0.25, 0.3) is 0 Å². The van der Waals surface area contributed by atoms with Crippen molar-refractivity contribution < 1.29 is 4.39 Å². The summed E-state index contributed by atoms with van der Waals surface area (Å²) in [7, 11) is 0. The van der Waals surface area contributed by atoms with E-state index in [1.165, 1.54) is 23.6 Å². The molecule has 0 spiro atoms. The van der Waals surface area contributed by atoms with Crippen LogP contribution in [0.3, 0.4) is 0 Å². The van der Waals surface area contributed by atoms with Gasteiger partial charge in [0.15, 0.2) is 3.92 Å². The summed E-state index contributed by atoms with van der Waals surface area (Å²) in [6.07, 6.45) is 1.19. The largest absolute Gasteiger partial charge is 0.241 e. The number of aromatic nitrogens is 2. The molecule has 0 saturated heterocycles. The van der Waals surface area contributed by atoms with E-state index in [1.807, 2.05) is 0 Å². The lowest BCUT2D eigenvalue weighted by Gasteiger charge is -1.84. The van der Waals surface area contributed by atoms with Crippen LogP contribution in [0.4, 0.5) is 4.39 Å². The zero-order valence-corrected chi connectivity index (χ0v) is 7.62. The molecule has 0 aliphatic carbocycles. The van der Waals surface area contributed by atoms with Crippen molar-refractivity contribution in [2.75, 3.05) is 0 Å². The molecule has 2 aromatic rings. The maximum absolute atomic E-state index is 12.5. The third kappa shape index (κ3) is 1.25. The van der Waals surface area contributed by atoms with E-state index in [4.69, 9.17) is 0 Å². The maximum atomic E-state index is 12.5. The predicted octanol–water partition coefficient (Wildman–Crippen LogP) is 2.59. The smallest absolute Gasteiger partial charge is 0.161 e. The van der Waals surface area contributed by atoms with Crippen molar-refractivity contribution in [1.82, 2.24) is 9.97 Å². The summed E-state index contributed by atoms with van der Waals surface area (Å²) in [4.78, 5) is 8.61. The number of rotatable bonds is 0. The molecular formula is C6H2BrFN2S. The molecule has 11 heavy (non-hydrogen) atoms. The van der Waals surface area contributed by atoms with Crippen molar-refractivity contribution in [3.8, 4) is 0 Å². The fourth-order valence-electron chi connectivity index (χ4n) is 0.772. The van der Waals surface area contributed by atoms with Crippen LogP contribution in [0.1, 0.15) is 0 Å². The third-order valence-electron chi connectivity index (χ3n) is 1.19. The Morgan fingerprint density at radius 2 is 2.36 bits per heavy atom. The first-order valence-corrected chi connectivity index (χ1v) is 4.44. The molecule has 0 N–H and O–H groups in total. The molecule has 0 saturated carbocycles. The average molecular weight is 233 g/mol. The van der Waals surface area contributed by atoms with Crippen LogP contribution in [0.25, 0.3) is 10.3 Å². The van der Waals surface area contributed by atoms with Crippen LogP contribution in [0.5, 0.6) is 0 Å². The summed E-state index contributed by atoms with van der Waals surface area (Å²) in [5.74, 6) is -0.352. The van der Waals surface area contributed by atoms with Gasteiger partial charge in [-0.3, -0.25) is 0 Å². The summed E-state index contributed by atoms with van der Waals surface area (Å²) in [5.41, 5.74) is 0.599. The Morgan fingerprint density at radius 1 is 1.55 bits per heavy atom. The van der Waals surface area contributed by atoms with E-state index in [1.54, 1.807) is 0 Å². The molecule has 0 radical (unpaired) electrons. The Bertz CT molecular complexity index is 400. The Kier molecular flexibility index (Phi) is 1.61. The van der Waals surface area contributed by atoms with Gasteiger partial charge in [0.2, 0.25) is 0 Å². The van der Waals surface area contributed by atoms with Crippen LogP contribution in [0, 0.1) is 5.82 Å². The third-order valence-corrected chi connectivity index (χ3v) is 2.62. The van der Waals surface area contributed by atoms with Gasteiger partial charge < -0.3 is 0 Å². The van der Waals surface area contributed by atoms with E-state index >= 15 is 0 Å². The molecule has 2 heterocycles. The molecule has 2 aromatic heterocycles. The highest BCUT2D eigenvalue weighted by Crippen LogP contribution is 2.23. The lowest BCUT2D eigenvalue weighted by molar-refractivity contribution is 0.624. The van der Waals surface area contributed by atoms with Gasteiger partial charge in [0.05, 0.1) is 6.20 Å². The summed E-state index contributed by atoms with van der Waals surface area (Å²) in [6, 6.07) is 1.36. The first-order chi connectivity index (χ1) is 5.25. The van der Waals surface area contributed by atoms with E-state index in [9.17, 15) is 4.39 Å². The van der Waals surface area contributed by atoms with Gasteiger partial charge in [0.1, 0.15) is 16.2 Å². The predicted molar refractivity (Wildman–Crippen MR) is 45.1 cm³/mol. The van der Waals surface area contributed by atoms with Gasteiger partial charge in [-0.25, -0.2) is 14.4 Å². The second-order valence-electron chi connectivity index (χ2n) is 1.94. The Morgan fingerprint density at radius 3 is 3.18 bits per heavy atom. The monoisotopic (exact) mass is 232 g/mol. The van der Waals surface area contributed by atoms with Crippen molar-refractivity contribution in [2.24, 2.45) is 0 Å². The van der Waals surface area contributed by atoms with Crippen LogP contribution >= 0.6 is 27.3 Å². The van der Waals surface area contributed by atoms with Crippen molar-refractivity contribution in [2.45, 2.75) is 0 Å². The SMILES string of the molecule is Fc1cnc2sc(Br)nc2c1. The van der Waals surface area contributed by atoms with E-state index in [0.717, 1.165) is 8.75 Å². The molecule has 5 heteroatoms. The Labute approximate surface area is 74.2 Å². The number of halogens is 2. The average Bonchev–Trinajstić information content (AvgIpc) is 2.27. The molecule has 2 nitrogen and oxygen atoms in total. The number of pyridine rings is 1. The minimum atomic E-state index is -0.352. The maximum Gasteiger partial charge on any atom is 0.161 e. The molecule has 0 aromatic carbocycles. The number of fused-ring (bicyclic) bond motifs is 1. The molecule has 0 aliphatic heterocycles. The highest BCUT2D eigenvalue weighted by Gasteiger charge is 2.02. The number of hydrogen-bond donors (Lipinski definition) is 0. The second kappa shape index (κ2) is 2.49. The topological polar surface area (TPSA) is 25.8 Å². The van der Waals surface area contributed by atoms with Crippen LogP contribution in [-0.4, -0.2) is 9.97 Å². The molecule has 0 unspecified atom stereocenters. The molecule has 0 bridgehead atoms. The zero-order valence-electron chi connectivity index (χ0n) is 5.21. The van der Waals surface area contributed by atoms with Crippen LogP contribution in [-0.2, 0) is 0 Å².